The summed E-state index contributed by atoms with van der Waals surface area (Å²) in [6.45, 7) is 9.22. The molecule has 0 atom stereocenters. The van der Waals surface area contributed by atoms with E-state index in [0.29, 0.717) is 5.58 Å². The second kappa shape index (κ2) is 7.20. The largest absolute Gasteiger partial charge is 0.356 e. The lowest BCUT2D eigenvalue weighted by Crippen LogP contribution is -2.46. The molecule has 1 aromatic carbocycles. The predicted molar refractivity (Wildman–Crippen MR) is 85.5 cm³/mol. The normalized spacial score (nSPS) is 17.4. The third-order valence-corrected chi connectivity index (χ3v) is 4.40. The zero-order valence-electron chi connectivity index (χ0n) is 13.2. The molecule has 3 rings (SSSR count). The smallest absolute Gasteiger partial charge is 0.170 e. The van der Waals surface area contributed by atoms with Gasteiger partial charge in [0.05, 0.1) is 5.69 Å². The Bertz CT molecular complexity index is 605. The standard InChI is InChI=1S/C17H24FN3O/c1-2-7-20-9-11-21(12-10-20)8-3-4-16-15-6-5-14(18)13-17(15)22-19-16/h5-6,13H,2-4,7-12H2,1H3. The van der Waals surface area contributed by atoms with E-state index in [1.54, 1.807) is 6.07 Å². The van der Waals surface area contributed by atoms with E-state index in [1.165, 1.54) is 38.2 Å². The third kappa shape index (κ3) is 3.65. The van der Waals surface area contributed by atoms with E-state index >= 15 is 0 Å². The van der Waals surface area contributed by atoms with E-state index in [4.69, 9.17) is 4.52 Å². The number of aromatic nitrogens is 1. The first-order chi connectivity index (χ1) is 10.8. The van der Waals surface area contributed by atoms with Crippen molar-refractivity contribution in [2.45, 2.75) is 26.2 Å². The lowest BCUT2D eigenvalue weighted by Gasteiger charge is -2.34. The quantitative estimate of drug-likeness (QED) is 0.821. The highest BCUT2D eigenvalue weighted by Gasteiger charge is 2.16. The molecule has 1 aliphatic rings. The number of hydrogen-bond donors (Lipinski definition) is 0. The van der Waals surface area contributed by atoms with Crippen molar-refractivity contribution in [1.29, 1.82) is 0 Å². The lowest BCUT2D eigenvalue weighted by molar-refractivity contribution is 0.131. The van der Waals surface area contributed by atoms with Crippen LogP contribution in [0.5, 0.6) is 0 Å². The van der Waals surface area contributed by atoms with E-state index in [9.17, 15) is 4.39 Å². The van der Waals surface area contributed by atoms with Crippen LogP contribution in [0.1, 0.15) is 25.5 Å². The molecule has 0 saturated carbocycles. The Morgan fingerprint density at radius 3 is 2.59 bits per heavy atom. The van der Waals surface area contributed by atoms with Gasteiger partial charge in [-0.25, -0.2) is 4.39 Å². The summed E-state index contributed by atoms with van der Waals surface area (Å²) in [5.74, 6) is -0.278. The van der Waals surface area contributed by atoms with Crippen LogP contribution in [0.2, 0.25) is 0 Å². The van der Waals surface area contributed by atoms with E-state index in [-0.39, 0.29) is 5.82 Å². The van der Waals surface area contributed by atoms with Gasteiger partial charge in [0, 0.05) is 37.6 Å². The van der Waals surface area contributed by atoms with Gasteiger partial charge >= 0.3 is 0 Å². The van der Waals surface area contributed by atoms with Gasteiger partial charge in [-0.3, -0.25) is 0 Å². The van der Waals surface area contributed by atoms with Gasteiger partial charge in [-0.2, -0.15) is 0 Å². The number of aryl methyl sites for hydroxylation is 1. The highest BCUT2D eigenvalue weighted by atomic mass is 19.1. The van der Waals surface area contributed by atoms with Gasteiger partial charge in [0.25, 0.3) is 0 Å². The lowest BCUT2D eigenvalue weighted by atomic mass is 10.1. The van der Waals surface area contributed by atoms with Gasteiger partial charge < -0.3 is 14.3 Å². The summed E-state index contributed by atoms with van der Waals surface area (Å²) in [4.78, 5) is 5.06. The summed E-state index contributed by atoms with van der Waals surface area (Å²) in [7, 11) is 0. The maximum absolute atomic E-state index is 13.1. The van der Waals surface area contributed by atoms with Crippen molar-refractivity contribution in [2.24, 2.45) is 0 Å². The Kier molecular flexibility index (Phi) is 5.05. The van der Waals surface area contributed by atoms with Crippen LogP contribution >= 0.6 is 0 Å². The molecule has 2 aromatic rings. The fraction of sp³-hybridized carbons (Fsp3) is 0.588. The maximum Gasteiger partial charge on any atom is 0.170 e. The fourth-order valence-electron chi connectivity index (χ4n) is 3.17. The number of hydrogen-bond acceptors (Lipinski definition) is 4. The van der Waals surface area contributed by atoms with Gasteiger partial charge in [-0.05, 0) is 44.5 Å². The Balaban J connectivity index is 1.47. The minimum absolute atomic E-state index is 0.278. The molecule has 0 spiro atoms. The number of benzene rings is 1. The average Bonchev–Trinajstić information content (AvgIpc) is 2.91. The molecular formula is C17H24FN3O. The SMILES string of the molecule is CCCN1CCN(CCCc2noc3cc(F)ccc23)CC1. The first-order valence-electron chi connectivity index (χ1n) is 8.25. The summed E-state index contributed by atoms with van der Waals surface area (Å²) < 4.78 is 18.3. The molecule has 5 heteroatoms. The Hall–Kier alpha value is -1.46. The highest BCUT2D eigenvalue weighted by molar-refractivity contribution is 5.79. The van der Waals surface area contributed by atoms with Crippen molar-refractivity contribution in [3.05, 3.63) is 29.7 Å². The molecular weight excluding hydrogens is 281 g/mol. The summed E-state index contributed by atoms with van der Waals surface area (Å²) in [6.07, 6.45) is 3.18. The van der Waals surface area contributed by atoms with E-state index in [1.807, 2.05) is 0 Å². The van der Waals surface area contributed by atoms with Crippen molar-refractivity contribution in [3.8, 4) is 0 Å². The maximum atomic E-state index is 13.1. The molecule has 1 aliphatic heterocycles. The van der Waals surface area contributed by atoms with Crippen molar-refractivity contribution < 1.29 is 8.91 Å². The Labute approximate surface area is 130 Å². The molecule has 1 fully saturated rings. The van der Waals surface area contributed by atoms with Crippen LogP contribution in [0.15, 0.2) is 22.7 Å². The topological polar surface area (TPSA) is 32.5 Å². The van der Waals surface area contributed by atoms with E-state index < -0.39 is 0 Å². The molecule has 1 aromatic heterocycles. The van der Waals surface area contributed by atoms with Crippen LogP contribution in [0.4, 0.5) is 4.39 Å². The summed E-state index contributed by atoms with van der Waals surface area (Å²) in [6, 6.07) is 4.63. The number of fused-ring (bicyclic) bond motifs is 1. The summed E-state index contributed by atoms with van der Waals surface area (Å²) in [5, 5.41) is 5.03. The molecule has 1 saturated heterocycles. The second-order valence-electron chi connectivity index (χ2n) is 6.06. The van der Waals surface area contributed by atoms with E-state index in [2.05, 4.69) is 21.9 Å². The first kappa shape index (κ1) is 15.4. The van der Waals surface area contributed by atoms with E-state index in [0.717, 1.165) is 43.6 Å². The van der Waals surface area contributed by atoms with Crippen LogP contribution in [0.3, 0.4) is 0 Å². The van der Waals surface area contributed by atoms with Crippen LogP contribution in [-0.4, -0.2) is 54.2 Å². The first-order valence-corrected chi connectivity index (χ1v) is 8.25. The van der Waals surface area contributed by atoms with Gasteiger partial charge in [0.1, 0.15) is 5.82 Å². The average molecular weight is 305 g/mol. The van der Waals surface area contributed by atoms with Crippen LogP contribution in [0, 0.1) is 5.82 Å². The number of piperazine rings is 1. The molecule has 120 valence electrons. The third-order valence-electron chi connectivity index (χ3n) is 4.40. The minimum Gasteiger partial charge on any atom is -0.356 e. The van der Waals surface area contributed by atoms with Gasteiger partial charge in [0.2, 0.25) is 0 Å². The Morgan fingerprint density at radius 2 is 1.86 bits per heavy atom. The van der Waals surface area contributed by atoms with Gasteiger partial charge in [-0.1, -0.05) is 12.1 Å². The van der Waals surface area contributed by atoms with Gasteiger partial charge in [0.15, 0.2) is 5.58 Å². The fourth-order valence-corrected chi connectivity index (χ4v) is 3.17. The number of rotatable bonds is 6. The van der Waals surface area contributed by atoms with Crippen molar-refractivity contribution in [2.75, 3.05) is 39.3 Å². The molecule has 22 heavy (non-hydrogen) atoms. The number of nitrogens with zero attached hydrogens (tertiary/aromatic N) is 3. The molecule has 2 heterocycles. The summed E-state index contributed by atoms with van der Waals surface area (Å²) in [5.41, 5.74) is 1.49. The van der Waals surface area contributed by atoms with Gasteiger partial charge in [-0.15, -0.1) is 0 Å². The van der Waals surface area contributed by atoms with Crippen molar-refractivity contribution in [1.82, 2.24) is 15.0 Å². The monoisotopic (exact) mass is 305 g/mol. The predicted octanol–water partition coefficient (Wildman–Crippen LogP) is 2.93. The molecule has 4 nitrogen and oxygen atoms in total. The molecule has 0 aliphatic carbocycles. The molecule has 0 bridgehead atoms. The second-order valence-corrected chi connectivity index (χ2v) is 6.06. The molecule has 0 radical (unpaired) electrons. The van der Waals surface area contributed by atoms with Crippen molar-refractivity contribution >= 4 is 11.0 Å². The molecule has 0 amide bonds. The summed E-state index contributed by atoms with van der Waals surface area (Å²) >= 11 is 0. The minimum atomic E-state index is -0.278. The van der Waals surface area contributed by atoms with Crippen LogP contribution in [-0.2, 0) is 6.42 Å². The Morgan fingerprint density at radius 1 is 1.14 bits per heavy atom. The number of halogens is 1. The molecule has 0 N–H and O–H groups in total. The molecule has 0 unspecified atom stereocenters. The highest BCUT2D eigenvalue weighted by Crippen LogP contribution is 2.20. The van der Waals surface area contributed by atoms with Crippen LogP contribution < -0.4 is 0 Å². The van der Waals surface area contributed by atoms with Crippen molar-refractivity contribution in [3.63, 3.8) is 0 Å². The van der Waals surface area contributed by atoms with Crippen LogP contribution in [0.25, 0.3) is 11.0 Å². The zero-order chi connectivity index (χ0) is 15.4. The zero-order valence-corrected chi connectivity index (χ0v) is 13.2.